The van der Waals surface area contributed by atoms with E-state index in [1.54, 1.807) is 17.3 Å². The third-order valence-corrected chi connectivity index (χ3v) is 5.68. The summed E-state index contributed by atoms with van der Waals surface area (Å²) in [5.41, 5.74) is 3.47. The Kier molecular flexibility index (Phi) is 5.22. The van der Waals surface area contributed by atoms with Crippen LogP contribution in [0.3, 0.4) is 0 Å². The third kappa shape index (κ3) is 4.54. The summed E-state index contributed by atoms with van der Waals surface area (Å²) in [6.07, 6.45) is 7.84. The highest BCUT2D eigenvalue weighted by Gasteiger charge is 2.36. The van der Waals surface area contributed by atoms with Gasteiger partial charge in [-0.1, -0.05) is 12.1 Å². The lowest BCUT2D eigenvalue weighted by atomic mass is 9.85. The van der Waals surface area contributed by atoms with Crippen molar-refractivity contribution in [3.8, 4) is 5.69 Å². The van der Waals surface area contributed by atoms with Gasteiger partial charge in [0.1, 0.15) is 12.7 Å². The lowest BCUT2D eigenvalue weighted by molar-refractivity contribution is -0.139. The molecule has 1 aromatic heterocycles. The first-order valence-corrected chi connectivity index (χ1v) is 9.72. The van der Waals surface area contributed by atoms with Crippen LogP contribution in [0.2, 0.25) is 0 Å². The molecule has 2 saturated carbocycles. The van der Waals surface area contributed by atoms with Gasteiger partial charge in [-0.3, -0.25) is 9.69 Å². The van der Waals surface area contributed by atoms with E-state index in [9.17, 15) is 4.79 Å². The van der Waals surface area contributed by atoms with Crippen LogP contribution in [0.25, 0.3) is 5.69 Å². The number of carbonyl (C=O) groups is 1. The molecule has 144 valence electrons. The lowest BCUT2D eigenvalue weighted by Gasteiger charge is -2.43. The molecule has 2 aromatic rings. The molecular formula is C20H27N5O2. The van der Waals surface area contributed by atoms with E-state index in [1.807, 2.05) is 0 Å². The van der Waals surface area contributed by atoms with Gasteiger partial charge >= 0.3 is 5.97 Å². The predicted molar refractivity (Wildman–Crippen MR) is 102 cm³/mol. The maximum Gasteiger partial charge on any atom is 0.317 e. The molecule has 0 aliphatic heterocycles. The molecule has 0 bridgehead atoms. The first kappa shape index (κ1) is 18.1. The maximum absolute atomic E-state index is 11.1. The zero-order chi connectivity index (χ0) is 18.8. The lowest BCUT2D eigenvalue weighted by Crippen LogP contribution is -2.54. The number of carboxylic acids is 1. The van der Waals surface area contributed by atoms with E-state index < -0.39 is 5.97 Å². The molecule has 1 heterocycles. The molecule has 2 fully saturated rings. The molecule has 0 atom stereocenters. The zero-order valence-electron chi connectivity index (χ0n) is 15.7. The standard InChI is InChI=1S/C20H27N5O2/c1-14-6-16(4-5-19(14)25-13-21-12-23-25)9-22-17-7-18(8-17)24(11-20(26)27)10-15-2-3-15/h4-6,12-13,15,17-18,22H,2-3,7-11H2,1H3,(H,26,27). The van der Waals surface area contributed by atoms with Crippen LogP contribution in [-0.2, 0) is 11.3 Å². The van der Waals surface area contributed by atoms with Crippen molar-refractivity contribution in [2.45, 2.75) is 51.2 Å². The van der Waals surface area contributed by atoms with Gasteiger partial charge in [-0.15, -0.1) is 0 Å². The van der Waals surface area contributed by atoms with Crippen LogP contribution in [0, 0.1) is 12.8 Å². The van der Waals surface area contributed by atoms with Gasteiger partial charge in [-0.25, -0.2) is 9.67 Å². The number of aliphatic carboxylic acids is 1. The first-order chi connectivity index (χ1) is 13.1. The highest BCUT2D eigenvalue weighted by molar-refractivity contribution is 5.69. The van der Waals surface area contributed by atoms with E-state index in [-0.39, 0.29) is 6.54 Å². The Morgan fingerprint density at radius 2 is 2.19 bits per heavy atom. The van der Waals surface area contributed by atoms with Crippen molar-refractivity contribution in [3.05, 3.63) is 42.0 Å². The van der Waals surface area contributed by atoms with Gasteiger partial charge in [0.15, 0.2) is 0 Å². The Hall–Kier alpha value is -2.25. The highest BCUT2D eigenvalue weighted by Crippen LogP contribution is 2.33. The maximum atomic E-state index is 11.1. The van der Waals surface area contributed by atoms with Gasteiger partial charge in [0.05, 0.1) is 12.2 Å². The summed E-state index contributed by atoms with van der Waals surface area (Å²) in [5.74, 6) is 0.0119. The highest BCUT2D eigenvalue weighted by atomic mass is 16.4. The van der Waals surface area contributed by atoms with E-state index in [1.165, 1.54) is 24.0 Å². The van der Waals surface area contributed by atoms with E-state index in [2.05, 4.69) is 45.4 Å². The van der Waals surface area contributed by atoms with E-state index >= 15 is 0 Å². The van der Waals surface area contributed by atoms with Crippen molar-refractivity contribution < 1.29 is 9.90 Å². The molecule has 4 rings (SSSR count). The van der Waals surface area contributed by atoms with Crippen LogP contribution >= 0.6 is 0 Å². The predicted octanol–water partition coefficient (Wildman–Crippen LogP) is 1.99. The molecule has 0 radical (unpaired) electrons. The van der Waals surface area contributed by atoms with Crippen LogP contribution in [0.5, 0.6) is 0 Å². The van der Waals surface area contributed by atoms with Crippen LogP contribution < -0.4 is 5.32 Å². The summed E-state index contributed by atoms with van der Waals surface area (Å²) < 4.78 is 1.78. The SMILES string of the molecule is Cc1cc(CNC2CC(N(CC(=O)O)CC3CC3)C2)ccc1-n1cncn1. The molecule has 27 heavy (non-hydrogen) atoms. The largest absolute Gasteiger partial charge is 0.480 e. The second-order valence-electron chi connectivity index (χ2n) is 7.93. The number of hydrogen-bond acceptors (Lipinski definition) is 5. The Labute approximate surface area is 159 Å². The zero-order valence-corrected chi connectivity index (χ0v) is 15.7. The van der Waals surface area contributed by atoms with Gasteiger partial charge in [0.25, 0.3) is 0 Å². The summed E-state index contributed by atoms with van der Waals surface area (Å²) in [6, 6.07) is 7.27. The number of carboxylic acid groups (broad SMARTS) is 1. The van der Waals surface area contributed by atoms with Gasteiger partial charge in [0, 0.05) is 25.2 Å². The normalized spacial score (nSPS) is 22.0. The Morgan fingerprint density at radius 1 is 1.37 bits per heavy atom. The number of aryl methyl sites for hydroxylation is 1. The number of nitrogens with one attached hydrogen (secondary N) is 1. The Morgan fingerprint density at radius 3 is 2.81 bits per heavy atom. The minimum atomic E-state index is -0.713. The quantitative estimate of drug-likeness (QED) is 0.703. The molecule has 2 N–H and O–H groups in total. The monoisotopic (exact) mass is 369 g/mol. The van der Waals surface area contributed by atoms with Crippen LogP contribution in [0.1, 0.15) is 36.8 Å². The average molecular weight is 369 g/mol. The van der Waals surface area contributed by atoms with Crippen LogP contribution in [0.4, 0.5) is 0 Å². The molecule has 2 aliphatic rings. The summed E-state index contributed by atoms with van der Waals surface area (Å²) in [5, 5.41) is 17.0. The van der Waals surface area contributed by atoms with Gasteiger partial charge in [-0.05, 0) is 55.7 Å². The molecule has 2 aliphatic carbocycles. The van der Waals surface area contributed by atoms with Crippen molar-refractivity contribution in [1.29, 1.82) is 0 Å². The fraction of sp³-hybridized carbons (Fsp3) is 0.550. The van der Waals surface area contributed by atoms with E-state index in [0.717, 1.165) is 37.5 Å². The minimum Gasteiger partial charge on any atom is -0.480 e. The molecule has 7 heteroatoms. The Balaban J connectivity index is 1.26. The molecule has 0 saturated heterocycles. The average Bonchev–Trinajstić information content (AvgIpc) is 3.23. The molecule has 0 amide bonds. The fourth-order valence-electron chi connectivity index (χ4n) is 3.88. The van der Waals surface area contributed by atoms with Crippen molar-refractivity contribution in [1.82, 2.24) is 25.0 Å². The van der Waals surface area contributed by atoms with Crippen molar-refractivity contribution in [3.63, 3.8) is 0 Å². The number of nitrogens with zero attached hydrogens (tertiary/aromatic N) is 4. The Bertz CT molecular complexity index is 782. The first-order valence-electron chi connectivity index (χ1n) is 9.72. The van der Waals surface area contributed by atoms with Gasteiger partial charge in [-0.2, -0.15) is 5.10 Å². The molecule has 0 unspecified atom stereocenters. The second kappa shape index (κ2) is 7.78. The molecule has 7 nitrogen and oxygen atoms in total. The number of benzene rings is 1. The molecular weight excluding hydrogens is 342 g/mol. The molecule has 1 aromatic carbocycles. The van der Waals surface area contributed by atoms with Crippen LogP contribution in [0.15, 0.2) is 30.9 Å². The van der Waals surface area contributed by atoms with E-state index in [4.69, 9.17) is 5.11 Å². The third-order valence-electron chi connectivity index (χ3n) is 5.68. The fourth-order valence-corrected chi connectivity index (χ4v) is 3.88. The summed E-state index contributed by atoms with van der Waals surface area (Å²) in [7, 11) is 0. The van der Waals surface area contributed by atoms with Crippen molar-refractivity contribution >= 4 is 5.97 Å². The van der Waals surface area contributed by atoms with Crippen molar-refractivity contribution in [2.75, 3.05) is 13.1 Å². The minimum absolute atomic E-state index is 0.177. The summed E-state index contributed by atoms with van der Waals surface area (Å²) in [6.45, 7) is 4.04. The number of rotatable bonds is 9. The van der Waals surface area contributed by atoms with Crippen LogP contribution in [-0.4, -0.2) is 55.9 Å². The number of hydrogen-bond donors (Lipinski definition) is 2. The van der Waals surface area contributed by atoms with Gasteiger partial charge < -0.3 is 10.4 Å². The summed E-state index contributed by atoms with van der Waals surface area (Å²) in [4.78, 5) is 17.3. The van der Waals surface area contributed by atoms with Gasteiger partial charge in [0.2, 0.25) is 0 Å². The number of aromatic nitrogens is 3. The second-order valence-corrected chi connectivity index (χ2v) is 7.93. The molecule has 0 spiro atoms. The smallest absolute Gasteiger partial charge is 0.317 e. The van der Waals surface area contributed by atoms with E-state index in [0.29, 0.717) is 12.1 Å². The summed E-state index contributed by atoms with van der Waals surface area (Å²) >= 11 is 0. The van der Waals surface area contributed by atoms with Crippen molar-refractivity contribution in [2.24, 2.45) is 5.92 Å². The topological polar surface area (TPSA) is 83.3 Å².